The van der Waals surface area contributed by atoms with Crippen LogP contribution in [0.2, 0.25) is 0 Å². The fourth-order valence-electron chi connectivity index (χ4n) is 4.87. The minimum absolute atomic E-state index is 0.0856. The Morgan fingerprint density at radius 1 is 0.559 bits per heavy atom. The highest BCUT2D eigenvalue weighted by Gasteiger charge is 2.36. The van der Waals surface area contributed by atoms with E-state index in [1.54, 1.807) is 83.1 Å². The van der Waals surface area contributed by atoms with Gasteiger partial charge in [-0.3, -0.25) is 25.2 Å². The van der Waals surface area contributed by atoms with Crippen molar-refractivity contribution >= 4 is 48.1 Å². The van der Waals surface area contributed by atoms with Crippen LogP contribution in [-0.4, -0.2) is 107 Å². The molecule has 7 N–H and O–H groups in total. The lowest BCUT2D eigenvalue weighted by atomic mass is 9.95. The first-order valence-electron chi connectivity index (χ1n) is 20.2. The molecule has 0 saturated heterocycles. The van der Waals surface area contributed by atoms with Crippen molar-refractivity contribution in [2.75, 3.05) is 19.6 Å². The Morgan fingerprint density at radius 3 is 1.54 bits per heavy atom. The zero-order valence-corrected chi connectivity index (χ0v) is 37.7. The van der Waals surface area contributed by atoms with Crippen molar-refractivity contribution in [2.45, 2.75) is 188 Å². The number of amides is 6. The van der Waals surface area contributed by atoms with E-state index < -0.39 is 70.2 Å². The fraction of sp³-hybridized carbons (Fsp3) is 0.800. The zero-order chi connectivity index (χ0) is 45.7. The van der Waals surface area contributed by atoms with Gasteiger partial charge in [-0.15, -0.1) is 0 Å². The lowest BCUT2D eigenvalue weighted by Crippen LogP contribution is -2.53. The van der Waals surface area contributed by atoms with Gasteiger partial charge in [0.15, 0.2) is 0 Å². The zero-order valence-electron chi connectivity index (χ0n) is 37.7. The van der Waals surface area contributed by atoms with Gasteiger partial charge < -0.3 is 45.3 Å². The van der Waals surface area contributed by atoms with Crippen LogP contribution in [0, 0.1) is 0 Å². The normalized spacial score (nSPS) is 13.3. The van der Waals surface area contributed by atoms with E-state index in [9.17, 15) is 38.7 Å². The SMILES string of the molecule is CC(C)(C)OC(=O)NC(=NCCCCCC(=O)NCCCC[C@H](NC(=O)OC(C)(C)C)C(=O)NCCCCC(C)(NC(=O)OC(C)(C)C)C(=O)O)NC(=O)OC(C)(C)C. The van der Waals surface area contributed by atoms with E-state index in [4.69, 9.17) is 18.9 Å². The monoisotopic (exact) mass is 844 g/mol. The van der Waals surface area contributed by atoms with Crippen LogP contribution in [0.4, 0.5) is 19.2 Å². The molecule has 0 heterocycles. The van der Waals surface area contributed by atoms with Crippen molar-refractivity contribution in [3.05, 3.63) is 0 Å². The summed E-state index contributed by atoms with van der Waals surface area (Å²) in [5, 5.41) is 25.3. The third kappa shape index (κ3) is 29.9. The van der Waals surface area contributed by atoms with Gasteiger partial charge in [-0.25, -0.2) is 24.0 Å². The van der Waals surface area contributed by atoms with Gasteiger partial charge in [0.2, 0.25) is 17.8 Å². The first-order chi connectivity index (χ1) is 26.9. The maximum absolute atomic E-state index is 13.1. The third-order valence-electron chi connectivity index (χ3n) is 7.47. The average molecular weight is 844 g/mol. The second-order valence-corrected chi connectivity index (χ2v) is 18.4. The number of nitrogens with zero attached hydrogens (tertiary/aromatic N) is 1. The average Bonchev–Trinajstić information content (AvgIpc) is 3.01. The van der Waals surface area contributed by atoms with E-state index in [-0.39, 0.29) is 44.2 Å². The molecule has 0 radical (unpaired) electrons. The highest BCUT2D eigenvalue weighted by molar-refractivity contribution is 6.01. The summed E-state index contributed by atoms with van der Waals surface area (Å²) in [7, 11) is 0. The van der Waals surface area contributed by atoms with Crippen LogP contribution in [-0.2, 0) is 33.3 Å². The van der Waals surface area contributed by atoms with Gasteiger partial charge in [0.05, 0.1) is 0 Å². The molecule has 0 aliphatic carbocycles. The van der Waals surface area contributed by atoms with E-state index in [1.165, 1.54) is 6.92 Å². The van der Waals surface area contributed by atoms with Gasteiger partial charge in [-0.1, -0.05) is 6.42 Å². The van der Waals surface area contributed by atoms with Gasteiger partial charge in [0.25, 0.3) is 0 Å². The number of carboxylic acid groups (broad SMARTS) is 1. The molecule has 59 heavy (non-hydrogen) atoms. The van der Waals surface area contributed by atoms with E-state index in [1.807, 2.05) is 0 Å². The summed E-state index contributed by atoms with van der Waals surface area (Å²) >= 11 is 0. The molecule has 6 amide bonds. The maximum Gasteiger partial charge on any atom is 0.414 e. The highest BCUT2D eigenvalue weighted by Crippen LogP contribution is 2.17. The summed E-state index contributed by atoms with van der Waals surface area (Å²) in [6.07, 6.45) is 1.06. The summed E-state index contributed by atoms with van der Waals surface area (Å²) in [5.74, 6) is -1.91. The molecule has 0 spiro atoms. The first kappa shape index (κ1) is 54.2. The topological polar surface area (TPSA) is 261 Å². The van der Waals surface area contributed by atoms with E-state index >= 15 is 0 Å². The molecule has 0 bridgehead atoms. The predicted octanol–water partition coefficient (Wildman–Crippen LogP) is 5.79. The molecule has 0 aromatic rings. The van der Waals surface area contributed by atoms with E-state index in [2.05, 4.69) is 36.9 Å². The number of rotatable bonds is 20. The number of hydrogen-bond acceptors (Lipinski definition) is 12. The molecule has 0 aliphatic rings. The van der Waals surface area contributed by atoms with E-state index in [0.717, 1.165) is 0 Å². The summed E-state index contributed by atoms with van der Waals surface area (Å²) < 4.78 is 21.0. The molecule has 19 heteroatoms. The quantitative estimate of drug-likeness (QED) is 0.0333. The van der Waals surface area contributed by atoms with Crippen LogP contribution in [0.15, 0.2) is 4.99 Å². The second-order valence-electron chi connectivity index (χ2n) is 18.4. The molecule has 0 aliphatic heterocycles. The summed E-state index contributed by atoms with van der Waals surface area (Å²) in [4.78, 5) is 91.0. The Labute approximate surface area is 350 Å². The summed E-state index contributed by atoms with van der Waals surface area (Å²) in [6.45, 7) is 22.6. The number of hydrogen-bond donors (Lipinski definition) is 7. The molecule has 1 unspecified atom stereocenters. The van der Waals surface area contributed by atoms with Crippen molar-refractivity contribution < 1.29 is 57.6 Å². The molecule has 0 fully saturated rings. The molecule has 0 saturated carbocycles. The van der Waals surface area contributed by atoms with Crippen molar-refractivity contribution in [3.8, 4) is 0 Å². The Balaban J connectivity index is 4.92. The number of carboxylic acids is 1. The van der Waals surface area contributed by atoms with Crippen molar-refractivity contribution in [1.29, 1.82) is 0 Å². The predicted molar refractivity (Wildman–Crippen MR) is 222 cm³/mol. The van der Waals surface area contributed by atoms with Crippen LogP contribution in [0.25, 0.3) is 0 Å². The fourth-order valence-corrected chi connectivity index (χ4v) is 4.87. The molecule has 0 rings (SSSR count). The lowest BCUT2D eigenvalue weighted by Gasteiger charge is -2.28. The number of nitrogens with one attached hydrogen (secondary N) is 6. The molecular formula is C40H73N7O12. The van der Waals surface area contributed by atoms with Crippen molar-refractivity contribution in [2.24, 2.45) is 4.99 Å². The third-order valence-corrected chi connectivity index (χ3v) is 7.47. The van der Waals surface area contributed by atoms with Gasteiger partial charge in [0, 0.05) is 26.1 Å². The summed E-state index contributed by atoms with van der Waals surface area (Å²) in [5.41, 5.74) is -4.67. The number of guanidine groups is 1. The number of ether oxygens (including phenoxy) is 4. The van der Waals surface area contributed by atoms with Crippen LogP contribution in [0.5, 0.6) is 0 Å². The molecule has 2 atom stereocenters. The Bertz CT molecular complexity index is 1390. The van der Waals surface area contributed by atoms with Crippen molar-refractivity contribution in [3.63, 3.8) is 0 Å². The van der Waals surface area contributed by atoms with Crippen LogP contribution in [0.1, 0.15) is 154 Å². The molecule has 340 valence electrons. The largest absolute Gasteiger partial charge is 0.480 e. The summed E-state index contributed by atoms with van der Waals surface area (Å²) in [6, 6.07) is -0.916. The lowest BCUT2D eigenvalue weighted by molar-refractivity contribution is -0.144. The highest BCUT2D eigenvalue weighted by atomic mass is 16.6. The van der Waals surface area contributed by atoms with Gasteiger partial charge in [-0.2, -0.15) is 0 Å². The number of carbonyl (C=O) groups is 7. The number of aliphatic carboxylic acids is 1. The Morgan fingerprint density at radius 2 is 1.03 bits per heavy atom. The van der Waals surface area contributed by atoms with Crippen LogP contribution < -0.4 is 31.9 Å². The van der Waals surface area contributed by atoms with Gasteiger partial charge >= 0.3 is 30.3 Å². The van der Waals surface area contributed by atoms with Gasteiger partial charge in [-0.05, 0) is 141 Å². The Kier molecular flexibility index (Phi) is 22.9. The first-order valence-corrected chi connectivity index (χ1v) is 20.2. The molecule has 0 aromatic carbocycles. The molecule has 19 nitrogen and oxygen atoms in total. The Hall–Kier alpha value is -4.84. The molecular weight excluding hydrogens is 770 g/mol. The number of unbranched alkanes of at least 4 members (excludes halogenated alkanes) is 4. The maximum atomic E-state index is 13.1. The van der Waals surface area contributed by atoms with Crippen LogP contribution >= 0.6 is 0 Å². The minimum Gasteiger partial charge on any atom is -0.480 e. The number of carbonyl (C=O) groups excluding carboxylic acids is 6. The standard InChI is InChI=1S/C40H73N7O12/c1-36(2,3)56-32(52)44-27(29(49)42-25-20-17-23-40(13,30(50)51)47-35(55)59-39(10,11)12)21-16-19-24-41-28(48)22-15-14-18-26-43-31(45-33(53)57-37(4,5)6)46-34(54)58-38(7,8)9/h27H,14-26H2,1-13H3,(H,41,48)(H,42,49)(H,44,52)(H,47,55)(H,50,51)(H2,43,45,46,53,54)/t27-,40?/m0/s1. The van der Waals surface area contributed by atoms with E-state index in [0.29, 0.717) is 51.5 Å². The van der Waals surface area contributed by atoms with Gasteiger partial charge in [0.1, 0.15) is 34.0 Å². The molecule has 0 aromatic heterocycles. The number of aliphatic imine (C=N–C) groups is 1. The smallest absolute Gasteiger partial charge is 0.414 e. The second kappa shape index (κ2) is 24.9. The number of alkyl carbamates (subject to hydrolysis) is 4. The minimum atomic E-state index is -1.57. The van der Waals surface area contributed by atoms with Crippen LogP contribution in [0.3, 0.4) is 0 Å². The van der Waals surface area contributed by atoms with Crippen molar-refractivity contribution in [1.82, 2.24) is 31.9 Å².